The summed E-state index contributed by atoms with van der Waals surface area (Å²) in [5, 5.41) is 8.92. The van der Waals surface area contributed by atoms with Gasteiger partial charge >= 0.3 is 0 Å². The molecule has 4 heteroatoms. The molecule has 0 saturated carbocycles. The van der Waals surface area contributed by atoms with E-state index in [2.05, 4.69) is 4.98 Å². The van der Waals surface area contributed by atoms with Crippen molar-refractivity contribution in [3.05, 3.63) is 18.2 Å². The van der Waals surface area contributed by atoms with Crippen molar-refractivity contribution in [1.82, 2.24) is 9.55 Å². The monoisotopic (exact) mass is 169 g/mol. The lowest BCUT2D eigenvalue weighted by molar-refractivity contribution is 0.191. The second-order valence-corrected chi connectivity index (χ2v) is 3.41. The number of aryl methyl sites for hydroxylation is 1. The van der Waals surface area contributed by atoms with E-state index < -0.39 is 5.54 Å². The Bertz CT molecular complexity index is 255. The second-order valence-electron chi connectivity index (χ2n) is 3.41. The van der Waals surface area contributed by atoms with Gasteiger partial charge in [-0.15, -0.1) is 0 Å². The number of nitrogens with zero attached hydrogens (tertiary/aromatic N) is 2. The van der Waals surface area contributed by atoms with Crippen LogP contribution in [-0.2, 0) is 6.54 Å². The molecule has 0 spiro atoms. The lowest BCUT2D eigenvalue weighted by Gasteiger charge is -2.22. The van der Waals surface area contributed by atoms with Gasteiger partial charge in [-0.25, -0.2) is 4.98 Å². The molecule has 1 heterocycles. The number of rotatable bonds is 3. The van der Waals surface area contributed by atoms with Gasteiger partial charge < -0.3 is 15.4 Å². The molecule has 0 saturated heterocycles. The molecule has 12 heavy (non-hydrogen) atoms. The van der Waals surface area contributed by atoms with E-state index in [9.17, 15) is 0 Å². The predicted octanol–water partition coefficient (Wildman–Crippen LogP) is -0.0988. The summed E-state index contributed by atoms with van der Waals surface area (Å²) in [6, 6.07) is 0. The lowest BCUT2D eigenvalue weighted by atomic mass is 10.1. The lowest BCUT2D eigenvalue weighted by Crippen LogP contribution is -2.44. The van der Waals surface area contributed by atoms with Crippen LogP contribution in [0.25, 0.3) is 0 Å². The van der Waals surface area contributed by atoms with Gasteiger partial charge in [-0.05, 0) is 13.8 Å². The van der Waals surface area contributed by atoms with Crippen LogP contribution >= 0.6 is 0 Å². The molecule has 0 aliphatic rings. The van der Waals surface area contributed by atoms with E-state index in [0.29, 0.717) is 6.54 Å². The molecular formula is C8H15N3O. The van der Waals surface area contributed by atoms with Gasteiger partial charge in [0.1, 0.15) is 5.82 Å². The zero-order valence-corrected chi connectivity index (χ0v) is 7.49. The quantitative estimate of drug-likeness (QED) is 0.664. The van der Waals surface area contributed by atoms with Crippen LogP contribution in [0, 0.1) is 6.92 Å². The van der Waals surface area contributed by atoms with Gasteiger partial charge in [-0.2, -0.15) is 0 Å². The average Bonchev–Trinajstić information content (AvgIpc) is 2.36. The average molecular weight is 169 g/mol. The molecule has 3 N–H and O–H groups in total. The Balaban J connectivity index is 2.70. The minimum Gasteiger partial charge on any atom is -0.394 e. The minimum absolute atomic E-state index is 0.0232. The summed E-state index contributed by atoms with van der Waals surface area (Å²) >= 11 is 0. The van der Waals surface area contributed by atoms with Crippen molar-refractivity contribution in [2.45, 2.75) is 25.9 Å². The summed E-state index contributed by atoms with van der Waals surface area (Å²) in [6.45, 7) is 4.29. The zero-order valence-electron chi connectivity index (χ0n) is 7.49. The van der Waals surface area contributed by atoms with Gasteiger partial charge in [0.15, 0.2) is 0 Å². The Kier molecular flexibility index (Phi) is 2.49. The third-order valence-electron chi connectivity index (χ3n) is 1.82. The molecule has 0 radical (unpaired) electrons. The molecule has 4 nitrogen and oxygen atoms in total. The highest BCUT2D eigenvalue weighted by atomic mass is 16.3. The Morgan fingerprint density at radius 1 is 1.75 bits per heavy atom. The normalized spacial score (nSPS) is 16.0. The summed E-state index contributed by atoms with van der Waals surface area (Å²) in [5.74, 6) is 0.917. The van der Waals surface area contributed by atoms with E-state index in [0.717, 1.165) is 5.82 Å². The molecule has 0 fully saturated rings. The maximum absolute atomic E-state index is 8.92. The number of imidazole rings is 1. The predicted molar refractivity (Wildman–Crippen MR) is 46.6 cm³/mol. The number of aliphatic hydroxyl groups is 1. The van der Waals surface area contributed by atoms with Crippen LogP contribution in [0.2, 0.25) is 0 Å². The maximum Gasteiger partial charge on any atom is 0.105 e. The Morgan fingerprint density at radius 3 is 2.83 bits per heavy atom. The number of aliphatic hydroxyl groups excluding tert-OH is 1. The molecule has 68 valence electrons. The first-order valence-electron chi connectivity index (χ1n) is 3.93. The van der Waals surface area contributed by atoms with Crippen molar-refractivity contribution in [3.8, 4) is 0 Å². The molecule has 1 aromatic rings. The Hall–Kier alpha value is -0.870. The third kappa shape index (κ3) is 2.06. The standard InChI is InChI=1S/C8H15N3O/c1-7-10-3-4-11(7)5-8(2,9)6-12/h3-4,12H,5-6,9H2,1-2H3. The summed E-state index contributed by atoms with van der Waals surface area (Å²) in [4.78, 5) is 4.06. The largest absolute Gasteiger partial charge is 0.394 e. The summed E-state index contributed by atoms with van der Waals surface area (Å²) < 4.78 is 1.93. The van der Waals surface area contributed by atoms with Crippen molar-refractivity contribution in [1.29, 1.82) is 0 Å². The highest BCUT2D eigenvalue weighted by molar-refractivity contribution is 4.92. The van der Waals surface area contributed by atoms with E-state index in [4.69, 9.17) is 10.8 Å². The van der Waals surface area contributed by atoms with E-state index in [1.807, 2.05) is 24.6 Å². The van der Waals surface area contributed by atoms with E-state index in [1.165, 1.54) is 0 Å². The maximum atomic E-state index is 8.92. The zero-order chi connectivity index (χ0) is 9.19. The van der Waals surface area contributed by atoms with Crippen LogP contribution in [0.15, 0.2) is 12.4 Å². The van der Waals surface area contributed by atoms with Crippen LogP contribution in [0.3, 0.4) is 0 Å². The fraction of sp³-hybridized carbons (Fsp3) is 0.625. The summed E-state index contributed by atoms with van der Waals surface area (Å²) in [6.07, 6.45) is 3.58. The fourth-order valence-corrected chi connectivity index (χ4v) is 1.01. The van der Waals surface area contributed by atoms with Gasteiger partial charge in [-0.1, -0.05) is 0 Å². The van der Waals surface area contributed by atoms with E-state index in [1.54, 1.807) is 6.20 Å². The minimum atomic E-state index is -0.564. The first-order valence-corrected chi connectivity index (χ1v) is 3.93. The van der Waals surface area contributed by atoms with Crippen LogP contribution in [0.5, 0.6) is 0 Å². The van der Waals surface area contributed by atoms with Crippen LogP contribution in [0.4, 0.5) is 0 Å². The van der Waals surface area contributed by atoms with Crippen molar-refractivity contribution in [3.63, 3.8) is 0 Å². The molecule has 1 unspecified atom stereocenters. The Morgan fingerprint density at radius 2 is 2.42 bits per heavy atom. The SMILES string of the molecule is Cc1nccn1CC(C)(N)CO. The topological polar surface area (TPSA) is 64.1 Å². The number of hydrogen-bond acceptors (Lipinski definition) is 3. The van der Waals surface area contributed by atoms with Crippen molar-refractivity contribution in [2.75, 3.05) is 6.61 Å². The van der Waals surface area contributed by atoms with E-state index >= 15 is 0 Å². The van der Waals surface area contributed by atoms with Gasteiger partial charge in [-0.3, -0.25) is 0 Å². The van der Waals surface area contributed by atoms with Crippen LogP contribution in [-0.4, -0.2) is 26.8 Å². The molecule has 1 atom stereocenters. The van der Waals surface area contributed by atoms with Gasteiger partial charge in [0.05, 0.1) is 12.1 Å². The Labute approximate surface area is 72.0 Å². The first-order chi connectivity index (χ1) is 5.55. The van der Waals surface area contributed by atoms with Gasteiger partial charge in [0.2, 0.25) is 0 Å². The number of hydrogen-bond donors (Lipinski definition) is 2. The van der Waals surface area contributed by atoms with Crippen molar-refractivity contribution in [2.24, 2.45) is 5.73 Å². The fourth-order valence-electron chi connectivity index (χ4n) is 1.01. The number of nitrogens with two attached hydrogens (primary N) is 1. The van der Waals surface area contributed by atoms with Crippen molar-refractivity contribution >= 4 is 0 Å². The smallest absolute Gasteiger partial charge is 0.105 e. The molecule has 1 aromatic heterocycles. The molecule has 0 aliphatic carbocycles. The van der Waals surface area contributed by atoms with Crippen molar-refractivity contribution < 1.29 is 5.11 Å². The highest BCUT2D eigenvalue weighted by Gasteiger charge is 2.17. The molecular weight excluding hydrogens is 154 g/mol. The highest BCUT2D eigenvalue weighted by Crippen LogP contribution is 2.04. The first kappa shape index (κ1) is 9.22. The molecule has 0 bridgehead atoms. The summed E-state index contributed by atoms with van der Waals surface area (Å²) in [5.41, 5.74) is 5.21. The number of aromatic nitrogens is 2. The van der Waals surface area contributed by atoms with Crippen LogP contribution in [0.1, 0.15) is 12.7 Å². The molecule has 1 rings (SSSR count). The molecule has 0 amide bonds. The van der Waals surface area contributed by atoms with Crippen LogP contribution < -0.4 is 5.73 Å². The van der Waals surface area contributed by atoms with Gasteiger partial charge in [0, 0.05) is 18.9 Å². The van der Waals surface area contributed by atoms with Gasteiger partial charge in [0.25, 0.3) is 0 Å². The second kappa shape index (κ2) is 3.25. The van der Waals surface area contributed by atoms with E-state index in [-0.39, 0.29) is 6.61 Å². The molecule has 0 aromatic carbocycles. The summed E-state index contributed by atoms with van der Waals surface area (Å²) in [7, 11) is 0. The molecule has 0 aliphatic heterocycles. The third-order valence-corrected chi connectivity index (χ3v) is 1.82.